The Morgan fingerprint density at radius 2 is 1.11 bits per heavy atom. The third-order valence-corrected chi connectivity index (χ3v) is 6.46. The predicted octanol–water partition coefficient (Wildman–Crippen LogP) is 5.49. The fraction of sp³-hybridized carbons (Fsp3) is 0.435. The molecule has 0 unspecified atom stereocenters. The van der Waals surface area contributed by atoms with Gasteiger partial charge in [-0.3, -0.25) is 0 Å². The molecule has 148 valence electrons. The minimum atomic E-state index is 0.607. The second kappa shape index (κ2) is 7.04. The zero-order chi connectivity index (χ0) is 20.9. The number of nitrogens with zero attached hydrogens (tertiary/aromatic N) is 4. The molecule has 2 heterocycles. The van der Waals surface area contributed by atoms with Crippen LogP contribution in [0.2, 0.25) is 0 Å². The first-order valence-electron chi connectivity index (χ1n) is 9.77. The van der Waals surface area contributed by atoms with Crippen LogP contribution >= 0.6 is 0 Å². The first-order chi connectivity index (χ1) is 13.0. The van der Waals surface area contributed by atoms with E-state index in [1.54, 1.807) is 0 Å². The Labute approximate surface area is 168 Å². The molecule has 0 aliphatic carbocycles. The highest BCUT2D eigenvalue weighted by Gasteiger charge is 2.17. The normalized spacial score (nSPS) is 11.2. The molecule has 0 atom stereocenters. The van der Waals surface area contributed by atoms with E-state index < -0.39 is 0 Å². The molecule has 28 heavy (non-hydrogen) atoms. The van der Waals surface area contributed by atoms with Crippen molar-refractivity contribution in [3.63, 3.8) is 0 Å². The molecule has 0 saturated heterocycles. The van der Waals surface area contributed by atoms with E-state index in [2.05, 4.69) is 65.8 Å². The van der Waals surface area contributed by atoms with Gasteiger partial charge in [-0.25, -0.2) is 9.67 Å². The number of aromatic nitrogens is 4. The summed E-state index contributed by atoms with van der Waals surface area (Å²) in [6.07, 6.45) is 0. The van der Waals surface area contributed by atoms with E-state index in [9.17, 15) is 0 Å². The summed E-state index contributed by atoms with van der Waals surface area (Å²) in [4.78, 5) is 9.56. The number of anilines is 2. The summed E-state index contributed by atoms with van der Waals surface area (Å²) in [5, 5.41) is 8.26. The molecule has 0 bridgehead atoms. The number of nitrogens with one attached hydrogen (secondary N) is 1. The van der Waals surface area contributed by atoms with Crippen molar-refractivity contribution in [2.45, 2.75) is 69.2 Å². The minimum Gasteiger partial charge on any atom is -0.339 e. The van der Waals surface area contributed by atoms with Crippen molar-refractivity contribution < 1.29 is 0 Å². The number of hydrogen-bond acceptors (Lipinski definition) is 4. The monoisotopic (exact) mass is 377 g/mol. The lowest BCUT2D eigenvalue weighted by Crippen LogP contribution is -2.11. The highest BCUT2D eigenvalue weighted by molar-refractivity contribution is 5.71. The predicted molar refractivity (Wildman–Crippen MR) is 116 cm³/mol. The average molecular weight is 378 g/mol. The summed E-state index contributed by atoms with van der Waals surface area (Å²) in [5.41, 5.74) is 12.9. The SMILES string of the molecule is Cc1nc(-n2nc(C)c(C)c2C)nc(Nc2c(C)c(C)c(C)c(C)c2C)c1C. The molecule has 0 aliphatic rings. The Morgan fingerprint density at radius 1 is 0.571 bits per heavy atom. The summed E-state index contributed by atoms with van der Waals surface area (Å²) in [7, 11) is 0. The Bertz CT molecular complexity index is 1060. The van der Waals surface area contributed by atoms with Crippen LogP contribution in [0.3, 0.4) is 0 Å². The lowest BCUT2D eigenvalue weighted by molar-refractivity contribution is 0.767. The van der Waals surface area contributed by atoms with Gasteiger partial charge in [-0.15, -0.1) is 0 Å². The first-order valence-corrected chi connectivity index (χ1v) is 9.77. The van der Waals surface area contributed by atoms with Crippen molar-refractivity contribution in [3.05, 3.63) is 56.0 Å². The largest absolute Gasteiger partial charge is 0.339 e. The third kappa shape index (κ3) is 3.09. The number of hydrogen-bond donors (Lipinski definition) is 1. The molecule has 0 spiro atoms. The summed E-state index contributed by atoms with van der Waals surface area (Å²) >= 11 is 0. The quantitative estimate of drug-likeness (QED) is 0.656. The van der Waals surface area contributed by atoms with Gasteiger partial charge in [0.05, 0.1) is 5.69 Å². The van der Waals surface area contributed by atoms with E-state index in [1.807, 2.05) is 18.5 Å². The Balaban J connectivity index is 2.17. The number of aryl methyl sites for hydroxylation is 2. The molecule has 0 fully saturated rings. The van der Waals surface area contributed by atoms with E-state index in [-0.39, 0.29) is 0 Å². The second-order valence-electron chi connectivity index (χ2n) is 7.92. The van der Waals surface area contributed by atoms with Crippen molar-refractivity contribution in [2.75, 3.05) is 5.32 Å². The van der Waals surface area contributed by atoms with Crippen LogP contribution in [0.1, 0.15) is 56.0 Å². The molecule has 3 rings (SSSR count). The molecular formula is C23H31N5. The van der Waals surface area contributed by atoms with Crippen LogP contribution in [-0.2, 0) is 0 Å². The van der Waals surface area contributed by atoms with Gasteiger partial charge < -0.3 is 5.32 Å². The van der Waals surface area contributed by atoms with E-state index in [1.165, 1.54) is 33.4 Å². The fourth-order valence-corrected chi connectivity index (χ4v) is 3.55. The van der Waals surface area contributed by atoms with Crippen molar-refractivity contribution in [1.82, 2.24) is 19.7 Å². The molecule has 0 amide bonds. The zero-order valence-electron chi connectivity index (χ0n) is 18.8. The van der Waals surface area contributed by atoms with Crippen molar-refractivity contribution in [3.8, 4) is 5.95 Å². The van der Waals surface area contributed by atoms with Gasteiger partial charge in [-0.2, -0.15) is 10.1 Å². The maximum absolute atomic E-state index is 4.86. The Kier molecular flexibility index (Phi) is 5.04. The molecule has 0 saturated carbocycles. The summed E-state index contributed by atoms with van der Waals surface area (Å²) in [5.74, 6) is 1.44. The van der Waals surface area contributed by atoms with Crippen molar-refractivity contribution >= 4 is 11.5 Å². The number of rotatable bonds is 3. The highest BCUT2D eigenvalue weighted by atomic mass is 15.4. The van der Waals surface area contributed by atoms with Crippen LogP contribution in [0, 0.1) is 69.2 Å². The minimum absolute atomic E-state index is 0.607. The number of benzene rings is 1. The highest BCUT2D eigenvalue weighted by Crippen LogP contribution is 2.33. The molecule has 0 aliphatic heterocycles. The van der Waals surface area contributed by atoms with Gasteiger partial charge in [0, 0.05) is 22.6 Å². The maximum atomic E-state index is 4.86. The van der Waals surface area contributed by atoms with E-state index >= 15 is 0 Å². The van der Waals surface area contributed by atoms with Crippen LogP contribution in [0.25, 0.3) is 5.95 Å². The summed E-state index contributed by atoms with van der Waals surface area (Å²) in [6.45, 7) is 21.1. The van der Waals surface area contributed by atoms with Crippen LogP contribution in [-0.4, -0.2) is 19.7 Å². The maximum Gasteiger partial charge on any atom is 0.252 e. The van der Waals surface area contributed by atoms with Crippen LogP contribution in [0.4, 0.5) is 11.5 Å². The van der Waals surface area contributed by atoms with Gasteiger partial charge in [-0.1, -0.05) is 0 Å². The molecular weight excluding hydrogens is 346 g/mol. The van der Waals surface area contributed by atoms with Gasteiger partial charge in [0.2, 0.25) is 0 Å². The molecule has 5 nitrogen and oxygen atoms in total. The van der Waals surface area contributed by atoms with E-state index in [0.29, 0.717) is 5.95 Å². The summed E-state index contributed by atoms with van der Waals surface area (Å²) in [6, 6.07) is 0. The summed E-state index contributed by atoms with van der Waals surface area (Å²) < 4.78 is 1.84. The third-order valence-electron chi connectivity index (χ3n) is 6.46. The van der Waals surface area contributed by atoms with Gasteiger partial charge in [-0.05, 0) is 103 Å². The van der Waals surface area contributed by atoms with Crippen LogP contribution < -0.4 is 5.32 Å². The van der Waals surface area contributed by atoms with Crippen LogP contribution in [0.5, 0.6) is 0 Å². The zero-order valence-corrected chi connectivity index (χ0v) is 18.8. The fourth-order valence-electron chi connectivity index (χ4n) is 3.55. The van der Waals surface area contributed by atoms with Gasteiger partial charge in [0.15, 0.2) is 0 Å². The lowest BCUT2D eigenvalue weighted by atomic mass is 9.93. The standard InChI is InChI=1S/C23H31N5/c1-11-12(2)14(4)21(15(5)13(11)3)25-22-17(7)18(8)24-23(26-22)28-20(10)16(6)19(9)27-28/h1-10H3,(H,24,25,26). The van der Waals surface area contributed by atoms with Crippen molar-refractivity contribution in [2.24, 2.45) is 0 Å². The Morgan fingerprint density at radius 3 is 1.61 bits per heavy atom. The van der Waals surface area contributed by atoms with Gasteiger partial charge in [0.1, 0.15) is 5.82 Å². The second-order valence-corrected chi connectivity index (χ2v) is 7.92. The average Bonchev–Trinajstić information content (AvgIpc) is 2.92. The lowest BCUT2D eigenvalue weighted by Gasteiger charge is -2.21. The Hall–Kier alpha value is -2.69. The smallest absolute Gasteiger partial charge is 0.252 e. The molecule has 0 radical (unpaired) electrons. The van der Waals surface area contributed by atoms with Crippen molar-refractivity contribution in [1.29, 1.82) is 0 Å². The van der Waals surface area contributed by atoms with Gasteiger partial charge in [0.25, 0.3) is 5.95 Å². The van der Waals surface area contributed by atoms with Crippen LogP contribution in [0.15, 0.2) is 0 Å². The molecule has 3 aromatic rings. The first kappa shape index (κ1) is 20.1. The van der Waals surface area contributed by atoms with E-state index in [4.69, 9.17) is 9.97 Å². The van der Waals surface area contributed by atoms with E-state index in [0.717, 1.165) is 34.2 Å². The molecule has 1 N–H and O–H groups in total. The topological polar surface area (TPSA) is 55.6 Å². The molecule has 5 heteroatoms. The molecule has 1 aromatic carbocycles. The van der Waals surface area contributed by atoms with Gasteiger partial charge >= 0.3 is 0 Å². The molecule has 2 aromatic heterocycles.